The lowest BCUT2D eigenvalue weighted by atomic mass is 10.1. The van der Waals surface area contributed by atoms with E-state index in [4.69, 9.17) is 4.42 Å². The number of amides is 2. The number of hydrogen-bond donors (Lipinski definition) is 2. The average molecular weight is 403 g/mol. The number of carbonyl (C=O) groups excluding carboxylic acids is 2. The summed E-state index contributed by atoms with van der Waals surface area (Å²) in [6.07, 6.45) is 5.15. The molecule has 0 saturated heterocycles. The van der Waals surface area contributed by atoms with E-state index in [1.807, 2.05) is 35.2 Å². The van der Waals surface area contributed by atoms with E-state index in [1.165, 1.54) is 30.5 Å². The minimum atomic E-state index is -0.614. The topological polar surface area (TPSA) is 76.3 Å². The van der Waals surface area contributed by atoms with Crippen LogP contribution in [0, 0.1) is 12.7 Å². The van der Waals surface area contributed by atoms with Crippen LogP contribution in [0.5, 0.6) is 0 Å². The number of benzene rings is 2. The van der Waals surface area contributed by atoms with Crippen molar-refractivity contribution in [1.29, 1.82) is 0 Å². The molecule has 0 aliphatic heterocycles. The molecule has 2 heterocycles. The summed E-state index contributed by atoms with van der Waals surface area (Å²) in [5.41, 5.74) is 1.91. The van der Waals surface area contributed by atoms with Gasteiger partial charge in [-0.25, -0.2) is 4.39 Å². The first kappa shape index (κ1) is 19.2. The quantitative estimate of drug-likeness (QED) is 0.491. The highest BCUT2D eigenvalue weighted by atomic mass is 19.1. The van der Waals surface area contributed by atoms with Gasteiger partial charge in [0.2, 0.25) is 0 Å². The molecule has 0 spiro atoms. The fourth-order valence-electron chi connectivity index (χ4n) is 3.03. The molecule has 0 aliphatic carbocycles. The molecule has 7 heteroatoms. The Hall–Kier alpha value is -4.13. The van der Waals surface area contributed by atoms with E-state index >= 15 is 0 Å². The Morgan fingerprint density at radius 2 is 1.73 bits per heavy atom. The zero-order valence-electron chi connectivity index (χ0n) is 16.1. The number of rotatable bonds is 5. The summed E-state index contributed by atoms with van der Waals surface area (Å²) in [5, 5.41) is 5.24. The largest absolute Gasteiger partial charge is 0.469 e. The van der Waals surface area contributed by atoms with Crippen molar-refractivity contribution >= 4 is 23.2 Å². The predicted octanol–water partition coefficient (Wildman–Crippen LogP) is 5.02. The zero-order valence-corrected chi connectivity index (χ0v) is 16.1. The summed E-state index contributed by atoms with van der Waals surface area (Å²) >= 11 is 0. The normalized spacial score (nSPS) is 10.6. The molecule has 4 aromatic rings. The van der Waals surface area contributed by atoms with Gasteiger partial charge in [-0.1, -0.05) is 6.07 Å². The highest BCUT2D eigenvalue weighted by Crippen LogP contribution is 2.22. The van der Waals surface area contributed by atoms with Crippen molar-refractivity contribution in [2.45, 2.75) is 6.92 Å². The van der Waals surface area contributed by atoms with Gasteiger partial charge >= 0.3 is 0 Å². The van der Waals surface area contributed by atoms with Crippen molar-refractivity contribution < 1.29 is 18.4 Å². The van der Waals surface area contributed by atoms with Crippen molar-refractivity contribution in [3.63, 3.8) is 0 Å². The number of aromatic nitrogens is 1. The number of anilines is 2. The molecular formula is C23H18FN3O3. The van der Waals surface area contributed by atoms with Crippen LogP contribution in [0.15, 0.2) is 83.7 Å². The molecule has 150 valence electrons. The molecule has 0 aliphatic rings. The third-order valence-electron chi connectivity index (χ3n) is 4.59. The summed E-state index contributed by atoms with van der Waals surface area (Å²) in [4.78, 5) is 25.0. The van der Waals surface area contributed by atoms with Gasteiger partial charge in [0.05, 0.1) is 17.5 Å². The lowest BCUT2D eigenvalue weighted by molar-refractivity contribution is 0.101. The van der Waals surface area contributed by atoms with E-state index in [1.54, 1.807) is 25.1 Å². The van der Waals surface area contributed by atoms with Crippen LogP contribution < -0.4 is 10.6 Å². The van der Waals surface area contributed by atoms with Crippen molar-refractivity contribution in [2.75, 3.05) is 10.6 Å². The number of nitrogens with one attached hydrogen (secondary N) is 2. The number of carbonyl (C=O) groups is 2. The monoisotopic (exact) mass is 403 g/mol. The molecule has 0 fully saturated rings. The number of hydrogen-bond acceptors (Lipinski definition) is 3. The van der Waals surface area contributed by atoms with Crippen LogP contribution in [-0.2, 0) is 0 Å². The molecule has 0 saturated carbocycles. The maximum Gasteiger partial charge on any atom is 0.259 e. The number of halogens is 1. The molecule has 6 nitrogen and oxygen atoms in total. The van der Waals surface area contributed by atoms with Crippen LogP contribution in [-0.4, -0.2) is 16.4 Å². The van der Waals surface area contributed by atoms with Crippen LogP contribution >= 0.6 is 0 Å². The van der Waals surface area contributed by atoms with Crippen LogP contribution in [0.4, 0.5) is 15.8 Å². The third kappa shape index (κ3) is 4.00. The molecule has 2 amide bonds. The third-order valence-corrected chi connectivity index (χ3v) is 4.59. The minimum Gasteiger partial charge on any atom is -0.469 e. The van der Waals surface area contributed by atoms with Gasteiger partial charge in [-0.05, 0) is 61.5 Å². The predicted molar refractivity (Wildman–Crippen MR) is 112 cm³/mol. The number of nitrogens with zero attached hydrogens (tertiary/aromatic N) is 1. The maximum atomic E-state index is 14.2. The van der Waals surface area contributed by atoms with E-state index in [2.05, 4.69) is 10.6 Å². The fraction of sp³-hybridized carbons (Fsp3) is 0.0435. The Morgan fingerprint density at radius 3 is 2.47 bits per heavy atom. The molecular weight excluding hydrogens is 385 g/mol. The highest BCUT2D eigenvalue weighted by molar-refractivity contribution is 6.07. The van der Waals surface area contributed by atoms with E-state index in [0.29, 0.717) is 22.6 Å². The van der Waals surface area contributed by atoms with Gasteiger partial charge in [0, 0.05) is 29.3 Å². The van der Waals surface area contributed by atoms with E-state index in [-0.39, 0.29) is 11.6 Å². The number of furan rings is 1. The Balaban J connectivity index is 1.52. The summed E-state index contributed by atoms with van der Waals surface area (Å²) in [6, 6.07) is 16.4. The van der Waals surface area contributed by atoms with Crippen molar-refractivity contribution in [1.82, 2.24) is 4.57 Å². The molecule has 0 radical (unpaired) electrons. The second-order valence-corrected chi connectivity index (χ2v) is 6.63. The van der Waals surface area contributed by atoms with Gasteiger partial charge in [-0.3, -0.25) is 9.59 Å². The molecule has 4 rings (SSSR count). The lowest BCUT2D eigenvalue weighted by Crippen LogP contribution is -2.15. The number of aryl methyl sites for hydroxylation is 1. The van der Waals surface area contributed by atoms with Gasteiger partial charge in [0.1, 0.15) is 11.6 Å². The second kappa shape index (κ2) is 8.08. The molecule has 0 atom stereocenters. The Kier molecular flexibility index (Phi) is 5.17. The molecule has 2 aromatic heterocycles. The smallest absolute Gasteiger partial charge is 0.259 e. The highest BCUT2D eigenvalue weighted by Gasteiger charge is 2.15. The SMILES string of the molecule is Cc1occc1C(=O)Nc1cc(NC(=O)c2cccc(-n3cccc3)c2)ccc1F. The molecule has 30 heavy (non-hydrogen) atoms. The fourth-order valence-corrected chi connectivity index (χ4v) is 3.03. The van der Waals surface area contributed by atoms with Gasteiger partial charge in [0.15, 0.2) is 0 Å². The maximum absolute atomic E-state index is 14.2. The van der Waals surface area contributed by atoms with E-state index in [9.17, 15) is 14.0 Å². The molecule has 2 N–H and O–H groups in total. The molecule has 0 unspecified atom stereocenters. The summed E-state index contributed by atoms with van der Waals surface area (Å²) in [6.45, 7) is 1.64. The van der Waals surface area contributed by atoms with Crippen LogP contribution in [0.2, 0.25) is 0 Å². The molecule has 0 bridgehead atoms. The summed E-state index contributed by atoms with van der Waals surface area (Å²) < 4.78 is 21.2. The van der Waals surface area contributed by atoms with Gasteiger partial charge in [-0.15, -0.1) is 0 Å². The van der Waals surface area contributed by atoms with Gasteiger partial charge in [-0.2, -0.15) is 0 Å². The Labute approximate surface area is 171 Å². The Morgan fingerprint density at radius 1 is 0.933 bits per heavy atom. The van der Waals surface area contributed by atoms with Crippen LogP contribution in [0.1, 0.15) is 26.5 Å². The van der Waals surface area contributed by atoms with E-state index < -0.39 is 11.7 Å². The standard InChI is InChI=1S/C23H18FN3O3/c1-15-19(9-12-30-15)23(29)26-21-14-17(7-8-20(21)24)25-22(28)16-5-4-6-18(13-16)27-10-2-3-11-27/h2-14H,1H3,(H,25,28)(H,26,29). The minimum absolute atomic E-state index is 0.0421. The average Bonchev–Trinajstić information content (AvgIpc) is 3.42. The Bertz CT molecular complexity index is 1210. The summed E-state index contributed by atoms with van der Waals surface area (Å²) in [5.74, 6) is -1.03. The van der Waals surface area contributed by atoms with Gasteiger partial charge < -0.3 is 19.6 Å². The van der Waals surface area contributed by atoms with Crippen molar-refractivity contribution in [2.24, 2.45) is 0 Å². The first-order valence-electron chi connectivity index (χ1n) is 9.21. The first-order chi connectivity index (χ1) is 14.5. The molecule has 2 aromatic carbocycles. The van der Waals surface area contributed by atoms with Crippen LogP contribution in [0.25, 0.3) is 5.69 Å². The van der Waals surface area contributed by atoms with Crippen LogP contribution in [0.3, 0.4) is 0 Å². The second-order valence-electron chi connectivity index (χ2n) is 6.63. The lowest BCUT2D eigenvalue weighted by Gasteiger charge is -2.11. The van der Waals surface area contributed by atoms with E-state index in [0.717, 1.165) is 5.69 Å². The van der Waals surface area contributed by atoms with Crippen molar-refractivity contribution in [3.8, 4) is 5.69 Å². The zero-order chi connectivity index (χ0) is 21.1. The van der Waals surface area contributed by atoms with Gasteiger partial charge in [0.25, 0.3) is 11.8 Å². The summed E-state index contributed by atoms with van der Waals surface area (Å²) in [7, 11) is 0. The van der Waals surface area contributed by atoms with Crippen molar-refractivity contribution in [3.05, 3.63) is 102 Å². The first-order valence-corrected chi connectivity index (χ1v) is 9.21.